The van der Waals surface area contributed by atoms with Crippen molar-refractivity contribution < 1.29 is 29.4 Å². The van der Waals surface area contributed by atoms with E-state index in [2.05, 4.69) is 48.9 Å². The number of nitrogen functional groups attached to an aromatic ring is 1. The number of amides is 2. The van der Waals surface area contributed by atoms with Crippen LogP contribution in [-0.4, -0.2) is 80.6 Å². The first-order valence-electron chi connectivity index (χ1n) is 11.3. The summed E-state index contributed by atoms with van der Waals surface area (Å²) < 4.78 is 0. The summed E-state index contributed by atoms with van der Waals surface area (Å²) >= 11 is 3.84. The van der Waals surface area contributed by atoms with E-state index >= 15 is 0 Å². The second-order valence-electron chi connectivity index (χ2n) is 8.15. The molecule has 0 saturated heterocycles. The smallest absolute Gasteiger partial charge is 0.327 e. The first-order valence-corrected chi connectivity index (χ1v) is 11.9. The average Bonchev–Trinajstić information content (AvgIpc) is 2.88. The van der Waals surface area contributed by atoms with Crippen molar-refractivity contribution in [3.63, 3.8) is 0 Å². The third kappa shape index (κ3) is 7.45. The number of nitrogens with zero attached hydrogens (tertiary/aromatic N) is 2. The zero-order valence-electron chi connectivity index (χ0n) is 19.9. The fraction of sp³-hybridized carbons (Fsp3) is 0.318. The Kier molecular flexibility index (Phi) is 9.26. The number of fused-ring (bicyclic) bond motifs is 1. The number of carbonyl (C=O) groups excluding carboxylic acids is 2. The van der Waals surface area contributed by atoms with E-state index in [1.807, 2.05) is 0 Å². The van der Waals surface area contributed by atoms with Crippen LogP contribution in [-0.2, 0) is 14.4 Å². The first-order chi connectivity index (χ1) is 18.1. The van der Waals surface area contributed by atoms with Crippen LogP contribution in [0.1, 0.15) is 23.2 Å². The van der Waals surface area contributed by atoms with E-state index in [9.17, 15) is 29.1 Å². The van der Waals surface area contributed by atoms with Gasteiger partial charge in [-0.1, -0.05) is 0 Å². The number of anilines is 3. The Morgan fingerprint density at radius 2 is 1.76 bits per heavy atom. The van der Waals surface area contributed by atoms with Gasteiger partial charge in [-0.3, -0.25) is 19.4 Å². The van der Waals surface area contributed by atoms with Crippen molar-refractivity contribution in [3.05, 3.63) is 40.2 Å². The van der Waals surface area contributed by atoms with Crippen molar-refractivity contribution >= 4 is 65.2 Å². The molecule has 9 N–H and O–H groups in total. The number of aliphatic carboxylic acids is 2. The highest BCUT2D eigenvalue weighted by Gasteiger charge is 2.24. The molecule has 1 aliphatic heterocycles. The summed E-state index contributed by atoms with van der Waals surface area (Å²) in [7, 11) is 0. The molecule has 38 heavy (non-hydrogen) atoms. The molecular formula is C22H26N8O7S. The topological polar surface area (TPSA) is 241 Å². The van der Waals surface area contributed by atoms with Gasteiger partial charge in [0, 0.05) is 23.4 Å². The van der Waals surface area contributed by atoms with Gasteiger partial charge < -0.3 is 37.2 Å². The minimum Gasteiger partial charge on any atom is -0.480 e. The molecule has 1 aliphatic rings. The van der Waals surface area contributed by atoms with Crippen molar-refractivity contribution in [2.24, 2.45) is 4.99 Å². The van der Waals surface area contributed by atoms with Crippen molar-refractivity contribution in [3.8, 4) is 0 Å². The van der Waals surface area contributed by atoms with Crippen LogP contribution in [0.4, 0.5) is 23.1 Å². The van der Waals surface area contributed by atoms with Crippen LogP contribution < -0.4 is 32.6 Å². The molecule has 2 unspecified atom stereocenters. The SMILES string of the molecule is Nc1nc2c(c(=O)[nH]1)N=C(CNc1ccc(C(=O)NC(CCC(=O)NC(CS)C(=O)O)C(=O)O)cc1)CN2. The monoisotopic (exact) mass is 546 g/mol. The molecule has 15 nitrogen and oxygen atoms in total. The van der Waals surface area contributed by atoms with E-state index in [0.717, 1.165) is 0 Å². The number of carbonyl (C=O) groups is 4. The van der Waals surface area contributed by atoms with Crippen LogP contribution in [0.5, 0.6) is 0 Å². The minimum atomic E-state index is -1.36. The van der Waals surface area contributed by atoms with Crippen molar-refractivity contribution in [2.75, 3.05) is 35.2 Å². The van der Waals surface area contributed by atoms with Gasteiger partial charge in [0.2, 0.25) is 11.9 Å². The number of hydrogen-bond acceptors (Lipinski definition) is 11. The third-order valence-corrected chi connectivity index (χ3v) is 5.73. The van der Waals surface area contributed by atoms with E-state index in [-0.39, 0.29) is 35.8 Å². The van der Waals surface area contributed by atoms with Crippen LogP contribution in [0.3, 0.4) is 0 Å². The number of H-pyrrole nitrogens is 1. The minimum absolute atomic E-state index is 0.0135. The Hall–Kier alpha value is -4.60. The second-order valence-corrected chi connectivity index (χ2v) is 8.52. The molecule has 202 valence electrons. The Balaban J connectivity index is 1.54. The van der Waals surface area contributed by atoms with E-state index in [0.29, 0.717) is 30.3 Å². The van der Waals surface area contributed by atoms with Gasteiger partial charge in [0.25, 0.3) is 11.5 Å². The average molecular weight is 547 g/mol. The number of benzene rings is 1. The molecule has 0 spiro atoms. The molecule has 2 aromatic rings. The Labute approximate surface area is 220 Å². The summed E-state index contributed by atoms with van der Waals surface area (Å²) in [5, 5.41) is 29.1. The normalized spacial score (nSPS) is 13.7. The van der Waals surface area contributed by atoms with Crippen molar-refractivity contribution in [2.45, 2.75) is 24.9 Å². The number of thiol groups is 1. The number of aromatic amines is 1. The van der Waals surface area contributed by atoms with Crippen LogP contribution in [0.15, 0.2) is 34.1 Å². The molecule has 0 saturated carbocycles. The fourth-order valence-electron chi connectivity index (χ4n) is 3.37. The molecule has 0 bridgehead atoms. The lowest BCUT2D eigenvalue weighted by Gasteiger charge is -2.17. The quantitative estimate of drug-likeness (QED) is 0.153. The lowest BCUT2D eigenvalue weighted by atomic mass is 10.1. The Bertz CT molecular complexity index is 1310. The molecule has 2 atom stereocenters. The summed E-state index contributed by atoms with van der Waals surface area (Å²) in [6.45, 7) is 0.636. The Morgan fingerprint density at radius 1 is 1.08 bits per heavy atom. The van der Waals surface area contributed by atoms with E-state index < -0.39 is 41.4 Å². The summed E-state index contributed by atoms with van der Waals surface area (Å²) in [6.07, 6.45) is -0.550. The zero-order valence-corrected chi connectivity index (χ0v) is 20.7. The summed E-state index contributed by atoms with van der Waals surface area (Å²) in [4.78, 5) is 69.7. The largest absolute Gasteiger partial charge is 0.480 e. The molecule has 1 aromatic heterocycles. The van der Waals surface area contributed by atoms with Gasteiger partial charge in [0.1, 0.15) is 12.1 Å². The predicted octanol–water partition coefficient (Wildman–Crippen LogP) is -0.575. The summed E-state index contributed by atoms with van der Waals surface area (Å²) in [5.74, 6) is -3.78. The standard InChI is InChI=1S/C22H26N8O7S/c23-22-29-17-16(19(33)30-22)26-12(8-25-17)7-24-11-3-1-10(2-4-11)18(32)28-13(20(34)35)5-6-15(31)27-14(9-38)21(36)37/h1-4,13-14,24,38H,5-9H2,(H,27,31)(H,28,32)(H,34,35)(H,36,37)(H4,23,25,29,30,33). The molecule has 0 radical (unpaired) electrons. The van der Waals surface area contributed by atoms with Crippen LogP contribution >= 0.6 is 12.6 Å². The molecule has 2 amide bonds. The number of aromatic nitrogens is 2. The van der Waals surface area contributed by atoms with Crippen LogP contribution in [0.25, 0.3) is 0 Å². The maximum Gasteiger partial charge on any atom is 0.327 e. The molecule has 16 heteroatoms. The number of rotatable bonds is 12. The van der Waals surface area contributed by atoms with Crippen LogP contribution in [0.2, 0.25) is 0 Å². The van der Waals surface area contributed by atoms with E-state index in [4.69, 9.17) is 10.8 Å². The third-order valence-electron chi connectivity index (χ3n) is 5.37. The van der Waals surface area contributed by atoms with Gasteiger partial charge in [-0.25, -0.2) is 14.6 Å². The Morgan fingerprint density at radius 3 is 2.39 bits per heavy atom. The molecule has 0 aliphatic carbocycles. The van der Waals surface area contributed by atoms with Crippen molar-refractivity contribution in [1.29, 1.82) is 0 Å². The maximum absolute atomic E-state index is 12.5. The lowest BCUT2D eigenvalue weighted by Crippen LogP contribution is -2.44. The number of carboxylic acid groups (broad SMARTS) is 2. The second kappa shape index (κ2) is 12.6. The van der Waals surface area contributed by atoms with Gasteiger partial charge in [-0.2, -0.15) is 17.6 Å². The number of carboxylic acids is 2. The van der Waals surface area contributed by atoms with Gasteiger partial charge in [-0.15, -0.1) is 0 Å². The van der Waals surface area contributed by atoms with Gasteiger partial charge in [0.05, 0.1) is 18.8 Å². The number of nitrogens with one attached hydrogen (secondary N) is 5. The van der Waals surface area contributed by atoms with Gasteiger partial charge >= 0.3 is 11.9 Å². The number of nitrogens with two attached hydrogens (primary N) is 1. The lowest BCUT2D eigenvalue weighted by molar-refractivity contribution is -0.142. The van der Waals surface area contributed by atoms with E-state index in [1.165, 1.54) is 12.1 Å². The molecule has 2 heterocycles. The molecular weight excluding hydrogens is 520 g/mol. The fourth-order valence-corrected chi connectivity index (χ4v) is 3.61. The molecule has 3 rings (SSSR count). The van der Waals surface area contributed by atoms with E-state index in [1.54, 1.807) is 12.1 Å². The van der Waals surface area contributed by atoms with Crippen LogP contribution in [0, 0.1) is 0 Å². The summed E-state index contributed by atoms with van der Waals surface area (Å²) in [5.41, 5.74) is 6.65. The van der Waals surface area contributed by atoms with Gasteiger partial charge in [-0.05, 0) is 30.7 Å². The number of hydrogen-bond donors (Lipinski definition) is 9. The molecule has 1 aromatic carbocycles. The maximum atomic E-state index is 12.5. The highest BCUT2D eigenvalue weighted by atomic mass is 32.1. The summed E-state index contributed by atoms with van der Waals surface area (Å²) in [6, 6.07) is 3.63. The molecule has 0 fully saturated rings. The zero-order chi connectivity index (χ0) is 27.8. The number of aliphatic imine (C=N–C) groups is 1. The van der Waals surface area contributed by atoms with Crippen molar-refractivity contribution in [1.82, 2.24) is 20.6 Å². The van der Waals surface area contributed by atoms with Gasteiger partial charge in [0.15, 0.2) is 11.5 Å². The predicted molar refractivity (Wildman–Crippen MR) is 141 cm³/mol. The first kappa shape index (κ1) is 28.0. The highest BCUT2D eigenvalue weighted by Crippen LogP contribution is 2.21. The highest BCUT2D eigenvalue weighted by molar-refractivity contribution is 7.80.